The first kappa shape index (κ1) is 10.2. The lowest BCUT2D eigenvalue weighted by Crippen LogP contribution is -2.35. The van der Waals surface area contributed by atoms with Gasteiger partial charge in [-0.1, -0.05) is 12.1 Å². The maximum absolute atomic E-state index is 9.94. The third kappa shape index (κ3) is 1.75. The Morgan fingerprint density at radius 2 is 2.21 bits per heavy atom. The Hall–Kier alpha value is -0.290. The molecule has 1 aliphatic rings. The maximum Gasteiger partial charge on any atom is 0.139 e. The van der Waals surface area contributed by atoms with Crippen LogP contribution in [-0.4, -0.2) is 10.7 Å². The normalized spacial score (nSPS) is 23.9. The Morgan fingerprint density at radius 3 is 2.93 bits per heavy atom. The summed E-state index contributed by atoms with van der Waals surface area (Å²) in [5, 5.41) is 9.94. The van der Waals surface area contributed by atoms with Crippen molar-refractivity contribution >= 4 is 22.6 Å². The summed E-state index contributed by atoms with van der Waals surface area (Å²) in [6.07, 6.45) is 0.253. The summed E-state index contributed by atoms with van der Waals surface area (Å²) in [7, 11) is 0. The van der Waals surface area contributed by atoms with Gasteiger partial charge in [0, 0.05) is 12.0 Å². The Balaban J connectivity index is 2.51. The number of rotatable bonds is 0. The fourth-order valence-corrected chi connectivity index (χ4v) is 2.42. The lowest BCUT2D eigenvalue weighted by atomic mass is 9.92. The zero-order valence-electron chi connectivity index (χ0n) is 8.25. The smallest absolute Gasteiger partial charge is 0.139 e. The monoisotopic (exact) mass is 304 g/mol. The molecule has 0 aromatic heterocycles. The highest BCUT2D eigenvalue weighted by atomic mass is 127. The number of hydrogen-bond donors (Lipinski definition) is 1. The van der Waals surface area contributed by atoms with Crippen LogP contribution in [0.3, 0.4) is 0 Å². The summed E-state index contributed by atoms with van der Waals surface area (Å²) in [4.78, 5) is 0. The summed E-state index contributed by atoms with van der Waals surface area (Å²) in [6, 6.07) is 5.87. The maximum atomic E-state index is 9.94. The van der Waals surface area contributed by atoms with Gasteiger partial charge in [0.05, 0.1) is 9.67 Å². The van der Waals surface area contributed by atoms with Gasteiger partial charge in [0.2, 0.25) is 0 Å². The van der Waals surface area contributed by atoms with Crippen molar-refractivity contribution in [2.45, 2.75) is 32.0 Å². The molecule has 1 aromatic rings. The average Bonchev–Trinajstić information content (AvgIpc) is 2.05. The van der Waals surface area contributed by atoms with Crippen LogP contribution in [0.4, 0.5) is 0 Å². The highest BCUT2D eigenvalue weighted by Crippen LogP contribution is 2.41. The van der Waals surface area contributed by atoms with E-state index in [1.54, 1.807) is 0 Å². The van der Waals surface area contributed by atoms with Crippen molar-refractivity contribution < 1.29 is 9.84 Å². The molecule has 1 unspecified atom stereocenters. The third-order valence-electron chi connectivity index (χ3n) is 2.42. The number of ether oxygens (including phenoxy) is 1. The minimum atomic E-state index is -0.400. The Morgan fingerprint density at radius 1 is 1.50 bits per heavy atom. The molecule has 1 aliphatic heterocycles. The van der Waals surface area contributed by atoms with Crippen molar-refractivity contribution in [1.82, 2.24) is 0 Å². The van der Waals surface area contributed by atoms with Crippen LogP contribution in [0.2, 0.25) is 0 Å². The average molecular weight is 304 g/mol. The quantitative estimate of drug-likeness (QED) is 0.747. The lowest BCUT2D eigenvalue weighted by Gasteiger charge is -2.35. The van der Waals surface area contributed by atoms with E-state index in [9.17, 15) is 5.11 Å². The van der Waals surface area contributed by atoms with Crippen LogP contribution in [-0.2, 0) is 0 Å². The van der Waals surface area contributed by atoms with Crippen LogP contribution in [0.25, 0.3) is 0 Å². The molecule has 0 amide bonds. The van der Waals surface area contributed by atoms with Gasteiger partial charge < -0.3 is 9.84 Å². The van der Waals surface area contributed by atoms with Gasteiger partial charge in [-0.2, -0.15) is 0 Å². The van der Waals surface area contributed by atoms with E-state index < -0.39 is 6.10 Å². The van der Waals surface area contributed by atoms with Crippen molar-refractivity contribution in [3.8, 4) is 5.75 Å². The van der Waals surface area contributed by atoms with E-state index in [0.29, 0.717) is 6.42 Å². The van der Waals surface area contributed by atoms with Crippen LogP contribution in [0.15, 0.2) is 18.2 Å². The van der Waals surface area contributed by atoms with Gasteiger partial charge in [-0.15, -0.1) is 0 Å². The van der Waals surface area contributed by atoms with Crippen molar-refractivity contribution in [1.29, 1.82) is 0 Å². The minimum Gasteiger partial charge on any atom is -0.486 e. The molecule has 0 aliphatic carbocycles. The lowest BCUT2D eigenvalue weighted by molar-refractivity contribution is 0.0107. The Bertz CT molecular complexity index is 360. The van der Waals surface area contributed by atoms with Gasteiger partial charge in [0.25, 0.3) is 0 Å². The largest absolute Gasteiger partial charge is 0.486 e. The number of halogens is 1. The fraction of sp³-hybridized carbons (Fsp3) is 0.455. The van der Waals surface area contributed by atoms with E-state index in [2.05, 4.69) is 22.6 Å². The van der Waals surface area contributed by atoms with Gasteiger partial charge in [-0.05, 0) is 42.5 Å². The molecule has 0 radical (unpaired) electrons. The van der Waals surface area contributed by atoms with Crippen molar-refractivity contribution in [3.05, 3.63) is 27.3 Å². The highest BCUT2D eigenvalue weighted by molar-refractivity contribution is 14.1. The zero-order chi connectivity index (χ0) is 10.3. The SMILES string of the molecule is CC1(C)CC(O)c2cccc(I)c2O1. The molecule has 0 bridgehead atoms. The second kappa shape index (κ2) is 3.38. The van der Waals surface area contributed by atoms with Crippen LogP contribution >= 0.6 is 22.6 Å². The number of hydrogen-bond acceptors (Lipinski definition) is 2. The van der Waals surface area contributed by atoms with E-state index in [1.807, 2.05) is 32.0 Å². The van der Waals surface area contributed by atoms with Crippen molar-refractivity contribution in [2.75, 3.05) is 0 Å². The second-order valence-corrected chi connectivity index (χ2v) is 5.40. The first-order chi connectivity index (χ1) is 6.49. The molecule has 14 heavy (non-hydrogen) atoms. The predicted molar refractivity (Wildman–Crippen MR) is 63.4 cm³/mol. The molecule has 1 N–H and O–H groups in total. The molecule has 0 saturated heterocycles. The van der Waals surface area contributed by atoms with Crippen LogP contribution in [0.1, 0.15) is 31.9 Å². The summed E-state index contributed by atoms with van der Waals surface area (Å²) in [5.74, 6) is 0.844. The third-order valence-corrected chi connectivity index (χ3v) is 3.27. The fourth-order valence-electron chi connectivity index (χ4n) is 1.79. The first-order valence-electron chi connectivity index (χ1n) is 4.65. The minimum absolute atomic E-state index is 0.270. The van der Waals surface area contributed by atoms with E-state index in [0.717, 1.165) is 14.9 Å². The van der Waals surface area contributed by atoms with Crippen LogP contribution in [0.5, 0.6) is 5.75 Å². The number of aliphatic hydroxyl groups is 1. The number of benzene rings is 1. The second-order valence-electron chi connectivity index (χ2n) is 4.24. The molecule has 0 saturated carbocycles. The van der Waals surface area contributed by atoms with Gasteiger partial charge in [-0.25, -0.2) is 0 Å². The van der Waals surface area contributed by atoms with Crippen molar-refractivity contribution in [3.63, 3.8) is 0 Å². The first-order valence-corrected chi connectivity index (χ1v) is 5.73. The van der Waals surface area contributed by atoms with E-state index in [1.165, 1.54) is 0 Å². The molecule has 2 rings (SSSR count). The van der Waals surface area contributed by atoms with Crippen molar-refractivity contribution in [2.24, 2.45) is 0 Å². The highest BCUT2D eigenvalue weighted by Gasteiger charge is 2.33. The number of fused-ring (bicyclic) bond motifs is 1. The Labute approximate surface area is 97.4 Å². The standard InChI is InChI=1S/C11H13IO2/c1-11(2)6-9(13)7-4-3-5-8(12)10(7)14-11/h3-5,9,13H,6H2,1-2H3. The van der Waals surface area contributed by atoms with E-state index in [-0.39, 0.29) is 5.60 Å². The molecule has 3 heteroatoms. The molecule has 2 nitrogen and oxygen atoms in total. The molecule has 0 spiro atoms. The van der Waals surface area contributed by atoms with Crippen LogP contribution < -0.4 is 4.74 Å². The van der Waals surface area contributed by atoms with Gasteiger partial charge in [0.15, 0.2) is 0 Å². The predicted octanol–water partition coefficient (Wildman–Crippen LogP) is 2.89. The molecular formula is C11H13IO2. The molecule has 0 fully saturated rings. The summed E-state index contributed by atoms with van der Waals surface area (Å²) < 4.78 is 6.91. The van der Waals surface area contributed by atoms with E-state index in [4.69, 9.17) is 4.74 Å². The zero-order valence-corrected chi connectivity index (χ0v) is 10.4. The number of aliphatic hydroxyl groups excluding tert-OH is 1. The molecule has 1 atom stereocenters. The summed E-state index contributed by atoms with van der Waals surface area (Å²) in [5.41, 5.74) is 0.643. The molecular weight excluding hydrogens is 291 g/mol. The summed E-state index contributed by atoms with van der Waals surface area (Å²) in [6.45, 7) is 4.00. The molecule has 76 valence electrons. The van der Waals surface area contributed by atoms with Gasteiger partial charge in [-0.3, -0.25) is 0 Å². The topological polar surface area (TPSA) is 29.5 Å². The van der Waals surface area contributed by atoms with Gasteiger partial charge >= 0.3 is 0 Å². The van der Waals surface area contributed by atoms with E-state index >= 15 is 0 Å². The molecule has 1 heterocycles. The number of para-hydroxylation sites is 1. The summed E-state index contributed by atoms with van der Waals surface area (Å²) >= 11 is 2.23. The van der Waals surface area contributed by atoms with Crippen LogP contribution in [0, 0.1) is 3.57 Å². The Kier molecular flexibility index (Phi) is 2.47. The van der Waals surface area contributed by atoms with Gasteiger partial charge in [0.1, 0.15) is 11.4 Å². The molecule has 1 aromatic carbocycles.